The van der Waals surface area contributed by atoms with E-state index in [0.29, 0.717) is 21.3 Å². The number of hydrogen-bond acceptors (Lipinski definition) is 2. The molecule has 2 aromatic carbocycles. The minimum Gasteiger partial charge on any atom is -0.351 e. The Hall–Kier alpha value is -2.11. The predicted octanol–water partition coefficient (Wildman–Crippen LogP) is 3.78. The number of amides is 2. The van der Waals surface area contributed by atoms with Crippen LogP contribution in [0.25, 0.3) is 0 Å². The fourth-order valence-corrected chi connectivity index (χ4v) is 2.40. The maximum Gasteiger partial charge on any atom is 0.233 e. The largest absolute Gasteiger partial charge is 0.351 e. The quantitative estimate of drug-likeness (QED) is 0.802. The lowest BCUT2D eigenvalue weighted by Gasteiger charge is -2.08. The Morgan fingerprint density at radius 3 is 2.30 bits per heavy atom. The first-order valence-corrected chi connectivity index (χ1v) is 7.45. The van der Waals surface area contributed by atoms with Crippen LogP contribution in [0.1, 0.15) is 12.0 Å². The SMILES string of the molecule is O=C(CC(=O)Nc1cc(Cl)cc(Cl)c1)NCc1ccccc1F. The van der Waals surface area contributed by atoms with Gasteiger partial charge in [-0.15, -0.1) is 0 Å². The van der Waals surface area contributed by atoms with Crippen LogP contribution in [0, 0.1) is 5.82 Å². The Kier molecular flexibility index (Phi) is 5.96. The van der Waals surface area contributed by atoms with Crippen molar-refractivity contribution in [2.45, 2.75) is 13.0 Å². The molecule has 2 amide bonds. The molecule has 0 atom stereocenters. The van der Waals surface area contributed by atoms with Crippen LogP contribution in [0.2, 0.25) is 10.0 Å². The van der Waals surface area contributed by atoms with Crippen molar-refractivity contribution in [2.24, 2.45) is 0 Å². The first-order chi connectivity index (χ1) is 10.9. The minimum absolute atomic E-state index is 0.0157. The molecule has 0 aliphatic heterocycles. The van der Waals surface area contributed by atoms with Crippen molar-refractivity contribution in [3.8, 4) is 0 Å². The van der Waals surface area contributed by atoms with Crippen LogP contribution >= 0.6 is 23.2 Å². The maximum atomic E-state index is 13.4. The summed E-state index contributed by atoms with van der Waals surface area (Å²) in [4.78, 5) is 23.5. The number of carbonyl (C=O) groups excluding carboxylic acids is 2. The summed E-state index contributed by atoms with van der Waals surface area (Å²) in [5.74, 6) is -1.45. The molecule has 0 radical (unpaired) electrons. The van der Waals surface area contributed by atoms with E-state index in [1.54, 1.807) is 18.2 Å². The van der Waals surface area contributed by atoms with E-state index in [4.69, 9.17) is 23.2 Å². The Bertz CT molecular complexity index is 718. The molecule has 0 saturated carbocycles. The van der Waals surface area contributed by atoms with Gasteiger partial charge in [-0.05, 0) is 24.3 Å². The second-order valence-corrected chi connectivity index (χ2v) is 5.62. The molecule has 2 rings (SSSR count). The Labute approximate surface area is 142 Å². The first-order valence-electron chi connectivity index (χ1n) is 6.70. The number of nitrogens with one attached hydrogen (secondary N) is 2. The fourth-order valence-electron chi connectivity index (χ4n) is 1.88. The summed E-state index contributed by atoms with van der Waals surface area (Å²) >= 11 is 11.6. The summed E-state index contributed by atoms with van der Waals surface area (Å²) in [7, 11) is 0. The van der Waals surface area contributed by atoms with Crippen LogP contribution in [-0.4, -0.2) is 11.8 Å². The van der Waals surface area contributed by atoms with E-state index in [-0.39, 0.29) is 6.54 Å². The lowest BCUT2D eigenvalue weighted by atomic mass is 10.2. The normalized spacial score (nSPS) is 10.2. The van der Waals surface area contributed by atoms with Crippen LogP contribution in [0.15, 0.2) is 42.5 Å². The Morgan fingerprint density at radius 2 is 1.65 bits per heavy atom. The average molecular weight is 355 g/mol. The van der Waals surface area contributed by atoms with Crippen molar-refractivity contribution in [1.82, 2.24) is 5.32 Å². The van der Waals surface area contributed by atoms with Crippen LogP contribution in [0.5, 0.6) is 0 Å². The summed E-state index contributed by atoms with van der Waals surface area (Å²) in [6.45, 7) is 0.0157. The number of benzene rings is 2. The van der Waals surface area contributed by atoms with Gasteiger partial charge in [0.2, 0.25) is 11.8 Å². The molecule has 0 saturated heterocycles. The van der Waals surface area contributed by atoms with E-state index < -0.39 is 24.1 Å². The molecule has 4 nitrogen and oxygen atoms in total. The second-order valence-electron chi connectivity index (χ2n) is 4.75. The zero-order valence-corrected chi connectivity index (χ0v) is 13.4. The minimum atomic E-state index is -0.519. The van der Waals surface area contributed by atoms with Gasteiger partial charge < -0.3 is 10.6 Å². The van der Waals surface area contributed by atoms with Gasteiger partial charge in [0, 0.05) is 27.8 Å². The van der Waals surface area contributed by atoms with E-state index in [1.165, 1.54) is 24.3 Å². The molecule has 23 heavy (non-hydrogen) atoms. The highest BCUT2D eigenvalue weighted by molar-refractivity contribution is 6.35. The lowest BCUT2D eigenvalue weighted by molar-refractivity contribution is -0.126. The van der Waals surface area contributed by atoms with Crippen LogP contribution in [0.4, 0.5) is 10.1 Å². The molecule has 0 spiro atoms. The van der Waals surface area contributed by atoms with E-state index in [9.17, 15) is 14.0 Å². The number of anilines is 1. The molecule has 0 fully saturated rings. The summed E-state index contributed by atoms with van der Waals surface area (Å²) in [6.07, 6.45) is -0.390. The van der Waals surface area contributed by atoms with Gasteiger partial charge in [-0.2, -0.15) is 0 Å². The van der Waals surface area contributed by atoms with Crippen molar-refractivity contribution < 1.29 is 14.0 Å². The van der Waals surface area contributed by atoms with Crippen molar-refractivity contribution in [3.63, 3.8) is 0 Å². The Balaban J connectivity index is 1.85. The summed E-state index contributed by atoms with van der Waals surface area (Å²) in [5.41, 5.74) is 0.747. The molecule has 2 aromatic rings. The van der Waals surface area contributed by atoms with Crippen molar-refractivity contribution in [1.29, 1.82) is 0 Å². The zero-order chi connectivity index (χ0) is 16.8. The number of carbonyl (C=O) groups is 2. The number of halogens is 3. The highest BCUT2D eigenvalue weighted by Gasteiger charge is 2.11. The zero-order valence-electron chi connectivity index (χ0n) is 11.9. The third-order valence-corrected chi connectivity index (χ3v) is 3.34. The van der Waals surface area contributed by atoms with E-state index in [0.717, 1.165) is 0 Å². The molecular formula is C16H13Cl2FN2O2. The molecule has 2 N–H and O–H groups in total. The highest BCUT2D eigenvalue weighted by Crippen LogP contribution is 2.22. The van der Waals surface area contributed by atoms with E-state index >= 15 is 0 Å². The molecular weight excluding hydrogens is 342 g/mol. The summed E-state index contributed by atoms with van der Waals surface area (Å²) in [6, 6.07) is 10.6. The predicted molar refractivity (Wildman–Crippen MR) is 88.0 cm³/mol. The second kappa shape index (κ2) is 7.94. The van der Waals surface area contributed by atoms with Gasteiger partial charge in [-0.3, -0.25) is 9.59 Å². The van der Waals surface area contributed by atoms with Crippen molar-refractivity contribution >= 4 is 40.7 Å². The third kappa shape index (κ3) is 5.54. The van der Waals surface area contributed by atoms with Gasteiger partial charge in [-0.1, -0.05) is 41.4 Å². The Morgan fingerprint density at radius 1 is 1.00 bits per heavy atom. The number of hydrogen-bond donors (Lipinski definition) is 2. The lowest BCUT2D eigenvalue weighted by Crippen LogP contribution is -2.28. The first kappa shape index (κ1) is 17.2. The van der Waals surface area contributed by atoms with Gasteiger partial charge in [0.25, 0.3) is 0 Å². The molecule has 0 heterocycles. The average Bonchev–Trinajstić information content (AvgIpc) is 2.45. The van der Waals surface area contributed by atoms with Crippen LogP contribution in [-0.2, 0) is 16.1 Å². The van der Waals surface area contributed by atoms with Gasteiger partial charge in [-0.25, -0.2) is 4.39 Å². The van der Waals surface area contributed by atoms with Gasteiger partial charge >= 0.3 is 0 Å². The van der Waals surface area contributed by atoms with Crippen molar-refractivity contribution in [2.75, 3.05) is 5.32 Å². The fraction of sp³-hybridized carbons (Fsp3) is 0.125. The third-order valence-electron chi connectivity index (χ3n) is 2.90. The van der Waals surface area contributed by atoms with Crippen molar-refractivity contribution in [3.05, 3.63) is 63.9 Å². The van der Waals surface area contributed by atoms with Gasteiger partial charge in [0.15, 0.2) is 0 Å². The molecule has 7 heteroatoms. The monoisotopic (exact) mass is 354 g/mol. The highest BCUT2D eigenvalue weighted by atomic mass is 35.5. The summed E-state index contributed by atoms with van der Waals surface area (Å²) < 4.78 is 13.4. The molecule has 0 bridgehead atoms. The van der Waals surface area contributed by atoms with Crippen LogP contribution in [0.3, 0.4) is 0 Å². The van der Waals surface area contributed by atoms with Gasteiger partial charge in [0.05, 0.1) is 0 Å². The van der Waals surface area contributed by atoms with E-state index in [2.05, 4.69) is 10.6 Å². The molecule has 120 valence electrons. The standard InChI is InChI=1S/C16H13Cl2FN2O2/c17-11-5-12(18)7-13(6-11)21-16(23)8-15(22)20-9-10-3-1-2-4-14(10)19/h1-7H,8-9H2,(H,20,22)(H,21,23). The summed E-state index contributed by atoms with van der Waals surface area (Å²) in [5, 5.41) is 5.75. The maximum absolute atomic E-state index is 13.4. The van der Waals surface area contributed by atoms with E-state index in [1.807, 2.05) is 0 Å². The van der Waals surface area contributed by atoms with Crippen LogP contribution < -0.4 is 10.6 Å². The molecule has 0 aliphatic rings. The topological polar surface area (TPSA) is 58.2 Å². The molecule has 0 aliphatic carbocycles. The molecule has 0 aromatic heterocycles. The number of rotatable bonds is 5. The molecule has 0 unspecified atom stereocenters. The smallest absolute Gasteiger partial charge is 0.233 e. The van der Waals surface area contributed by atoms with Gasteiger partial charge in [0.1, 0.15) is 12.2 Å².